The molecule has 0 bridgehead atoms. The van der Waals surface area contributed by atoms with Crippen LogP contribution in [0.1, 0.15) is 5.56 Å². The molecule has 0 aliphatic heterocycles. The van der Waals surface area contributed by atoms with Gasteiger partial charge < -0.3 is 4.98 Å². The number of hydrogen-bond donors (Lipinski definition) is 1. The van der Waals surface area contributed by atoms with Crippen molar-refractivity contribution in [1.29, 1.82) is 0 Å². The maximum atomic E-state index is 10.2. The van der Waals surface area contributed by atoms with Crippen molar-refractivity contribution in [3.8, 4) is 0 Å². The third-order valence-corrected chi connectivity index (χ3v) is 2.00. The third kappa shape index (κ3) is 1.50. The molecule has 4 nitrogen and oxygen atoms in total. The lowest BCUT2D eigenvalue weighted by molar-refractivity contribution is -0.400. The second kappa shape index (κ2) is 3.33. The molecule has 0 aliphatic carbocycles. The fourth-order valence-electron chi connectivity index (χ4n) is 1.39. The van der Waals surface area contributed by atoms with Crippen molar-refractivity contribution in [1.82, 2.24) is 4.98 Å². The number of nitrogens with one attached hydrogen (secondary N) is 1. The summed E-state index contributed by atoms with van der Waals surface area (Å²) < 4.78 is 0. The minimum Gasteiger partial charge on any atom is -0.361 e. The molecule has 0 aliphatic rings. The summed E-state index contributed by atoms with van der Waals surface area (Å²) in [6, 6.07) is 7.59. The highest BCUT2D eigenvalue weighted by Crippen LogP contribution is 2.17. The summed E-state index contributed by atoms with van der Waals surface area (Å²) in [7, 11) is 0. The minimum absolute atomic E-state index is 0.470. The lowest BCUT2D eigenvalue weighted by atomic mass is 10.1. The number of nitrogens with zero attached hydrogens (tertiary/aromatic N) is 1. The molecule has 14 heavy (non-hydrogen) atoms. The SMILES string of the molecule is O=[N+]([O-])C=Cc1cccc2cc[nH]c12. The highest BCUT2D eigenvalue weighted by atomic mass is 16.6. The third-order valence-electron chi connectivity index (χ3n) is 2.00. The predicted molar refractivity (Wildman–Crippen MR) is 54.3 cm³/mol. The van der Waals surface area contributed by atoms with Gasteiger partial charge in [-0.3, -0.25) is 10.1 Å². The zero-order chi connectivity index (χ0) is 9.97. The van der Waals surface area contributed by atoms with Crippen molar-refractivity contribution < 1.29 is 4.92 Å². The highest BCUT2D eigenvalue weighted by Gasteiger charge is 1.98. The second-order valence-corrected chi connectivity index (χ2v) is 2.89. The number of fused-ring (bicyclic) bond motifs is 1. The van der Waals surface area contributed by atoms with Gasteiger partial charge in [0.15, 0.2) is 0 Å². The Morgan fingerprint density at radius 3 is 3.00 bits per heavy atom. The van der Waals surface area contributed by atoms with E-state index in [9.17, 15) is 10.1 Å². The van der Waals surface area contributed by atoms with Crippen LogP contribution in [0.5, 0.6) is 0 Å². The summed E-state index contributed by atoms with van der Waals surface area (Å²) in [4.78, 5) is 12.7. The van der Waals surface area contributed by atoms with E-state index in [1.807, 2.05) is 30.5 Å². The first-order valence-electron chi connectivity index (χ1n) is 4.15. The quantitative estimate of drug-likeness (QED) is 0.581. The smallest absolute Gasteiger partial charge is 0.235 e. The van der Waals surface area contributed by atoms with Gasteiger partial charge in [0.2, 0.25) is 6.20 Å². The molecule has 1 aromatic carbocycles. The lowest BCUT2D eigenvalue weighted by Gasteiger charge is -1.94. The number of benzene rings is 1. The first-order chi connectivity index (χ1) is 6.77. The van der Waals surface area contributed by atoms with Crippen molar-refractivity contribution in [2.45, 2.75) is 0 Å². The zero-order valence-electron chi connectivity index (χ0n) is 7.31. The van der Waals surface area contributed by atoms with E-state index in [0.717, 1.165) is 22.7 Å². The number of rotatable bonds is 2. The van der Waals surface area contributed by atoms with Crippen LogP contribution < -0.4 is 0 Å². The molecule has 1 aromatic heterocycles. The fraction of sp³-hybridized carbons (Fsp3) is 0. The number of H-pyrrole nitrogens is 1. The second-order valence-electron chi connectivity index (χ2n) is 2.89. The van der Waals surface area contributed by atoms with Gasteiger partial charge in [-0.1, -0.05) is 18.2 Å². The van der Waals surface area contributed by atoms with E-state index in [1.54, 1.807) is 0 Å². The molecule has 0 amide bonds. The van der Waals surface area contributed by atoms with Gasteiger partial charge in [0.1, 0.15) is 0 Å². The van der Waals surface area contributed by atoms with E-state index in [2.05, 4.69) is 4.98 Å². The van der Waals surface area contributed by atoms with E-state index in [1.165, 1.54) is 6.08 Å². The molecule has 0 saturated heterocycles. The van der Waals surface area contributed by atoms with Gasteiger partial charge in [-0.2, -0.15) is 0 Å². The van der Waals surface area contributed by atoms with Gasteiger partial charge in [-0.05, 0) is 11.5 Å². The van der Waals surface area contributed by atoms with Crippen molar-refractivity contribution in [3.05, 3.63) is 52.3 Å². The van der Waals surface area contributed by atoms with Gasteiger partial charge >= 0.3 is 0 Å². The van der Waals surface area contributed by atoms with Crippen LogP contribution in [0.3, 0.4) is 0 Å². The van der Waals surface area contributed by atoms with Gasteiger partial charge in [0.05, 0.1) is 10.4 Å². The van der Waals surface area contributed by atoms with Crippen LogP contribution in [0.15, 0.2) is 36.7 Å². The lowest BCUT2D eigenvalue weighted by Crippen LogP contribution is -1.83. The number of aromatic amines is 1. The number of nitro groups is 1. The van der Waals surface area contributed by atoms with Crippen molar-refractivity contribution in [2.75, 3.05) is 0 Å². The van der Waals surface area contributed by atoms with Gasteiger partial charge in [0, 0.05) is 17.8 Å². The van der Waals surface area contributed by atoms with Crippen LogP contribution in [0.4, 0.5) is 0 Å². The van der Waals surface area contributed by atoms with Crippen molar-refractivity contribution in [2.24, 2.45) is 0 Å². The molecule has 2 rings (SSSR count). The maximum Gasteiger partial charge on any atom is 0.235 e. The Balaban J connectivity index is 2.51. The number of para-hydroxylation sites is 1. The predicted octanol–water partition coefficient (Wildman–Crippen LogP) is 2.42. The molecule has 0 fully saturated rings. The van der Waals surface area contributed by atoms with Crippen LogP contribution >= 0.6 is 0 Å². The van der Waals surface area contributed by atoms with E-state index in [0.29, 0.717) is 0 Å². The average Bonchev–Trinajstić information content (AvgIpc) is 2.62. The summed E-state index contributed by atoms with van der Waals surface area (Å²) >= 11 is 0. The Kier molecular flexibility index (Phi) is 2.02. The summed E-state index contributed by atoms with van der Waals surface area (Å²) in [6.45, 7) is 0. The van der Waals surface area contributed by atoms with E-state index >= 15 is 0 Å². The van der Waals surface area contributed by atoms with Crippen molar-refractivity contribution >= 4 is 17.0 Å². The standard InChI is InChI=1S/C10H8N2O2/c13-12(14)7-5-9-3-1-2-8-4-6-11-10(8)9/h1-7,11H. The molecule has 1 heterocycles. The maximum absolute atomic E-state index is 10.2. The van der Waals surface area contributed by atoms with Gasteiger partial charge in [-0.15, -0.1) is 0 Å². The van der Waals surface area contributed by atoms with Crippen LogP contribution in [0, 0.1) is 10.1 Å². The molecule has 2 aromatic rings. The van der Waals surface area contributed by atoms with Gasteiger partial charge in [-0.25, -0.2) is 0 Å². The average molecular weight is 188 g/mol. The zero-order valence-corrected chi connectivity index (χ0v) is 7.31. The fourth-order valence-corrected chi connectivity index (χ4v) is 1.39. The molecule has 1 N–H and O–H groups in total. The Hall–Kier alpha value is -2.10. The monoisotopic (exact) mass is 188 g/mol. The summed E-state index contributed by atoms with van der Waals surface area (Å²) in [6.07, 6.45) is 4.24. The normalized spacial score (nSPS) is 11.1. The molecular formula is C10H8N2O2. The minimum atomic E-state index is -0.470. The molecule has 70 valence electrons. The molecule has 0 unspecified atom stereocenters. The highest BCUT2D eigenvalue weighted by molar-refractivity contribution is 5.87. The summed E-state index contributed by atoms with van der Waals surface area (Å²) in [5.74, 6) is 0. The molecule has 0 saturated carbocycles. The van der Waals surface area contributed by atoms with Crippen LogP contribution in [-0.4, -0.2) is 9.91 Å². The largest absolute Gasteiger partial charge is 0.361 e. The Bertz CT molecular complexity index is 500. The first-order valence-corrected chi connectivity index (χ1v) is 4.15. The van der Waals surface area contributed by atoms with Crippen molar-refractivity contribution in [3.63, 3.8) is 0 Å². The number of hydrogen-bond acceptors (Lipinski definition) is 2. The molecule has 4 heteroatoms. The summed E-state index contributed by atoms with van der Waals surface area (Å²) in [5.41, 5.74) is 1.75. The first kappa shape index (κ1) is 8.50. The molecule has 0 atom stereocenters. The van der Waals surface area contributed by atoms with Crippen LogP contribution in [-0.2, 0) is 0 Å². The number of aromatic nitrogens is 1. The van der Waals surface area contributed by atoms with Crippen LogP contribution in [0.25, 0.3) is 17.0 Å². The van der Waals surface area contributed by atoms with E-state index in [4.69, 9.17) is 0 Å². The Morgan fingerprint density at radius 2 is 2.21 bits per heavy atom. The van der Waals surface area contributed by atoms with Crippen LogP contribution in [0.2, 0.25) is 0 Å². The summed E-state index contributed by atoms with van der Waals surface area (Å²) in [5, 5.41) is 11.2. The topological polar surface area (TPSA) is 58.9 Å². The molecule has 0 spiro atoms. The van der Waals surface area contributed by atoms with E-state index < -0.39 is 4.92 Å². The van der Waals surface area contributed by atoms with E-state index in [-0.39, 0.29) is 0 Å². The molecular weight excluding hydrogens is 180 g/mol. The molecule has 0 radical (unpaired) electrons. The Morgan fingerprint density at radius 1 is 1.36 bits per heavy atom. The Labute approximate surface area is 80.0 Å². The van der Waals surface area contributed by atoms with Gasteiger partial charge in [0.25, 0.3) is 0 Å².